The second-order valence-electron chi connectivity index (χ2n) is 6.24. The number of imidazole rings is 1. The van der Waals surface area contributed by atoms with Crippen LogP contribution in [-0.4, -0.2) is 41.5 Å². The van der Waals surface area contributed by atoms with Crippen molar-refractivity contribution in [2.45, 2.75) is 20.3 Å². The topological polar surface area (TPSA) is 81.9 Å². The minimum absolute atomic E-state index is 0.206. The van der Waals surface area contributed by atoms with Crippen LogP contribution in [0.1, 0.15) is 39.0 Å². The molecular weight excluding hydrogens is 358 g/mol. The first-order chi connectivity index (χ1) is 13.5. The zero-order valence-corrected chi connectivity index (χ0v) is 16.2. The molecule has 0 spiro atoms. The van der Waals surface area contributed by atoms with Gasteiger partial charge in [0.25, 0.3) is 5.91 Å². The minimum Gasteiger partial charge on any atom is -0.490 e. The highest BCUT2D eigenvalue weighted by Gasteiger charge is 2.18. The summed E-state index contributed by atoms with van der Waals surface area (Å²) >= 11 is 0. The van der Waals surface area contributed by atoms with E-state index in [0.29, 0.717) is 47.9 Å². The number of pyridine rings is 1. The Morgan fingerprint density at radius 2 is 2.04 bits per heavy atom. The molecule has 0 aliphatic rings. The molecule has 0 aliphatic heterocycles. The smallest absolute Gasteiger partial charge is 0.337 e. The number of carbonyl (C=O) groups is 2. The Labute approximate surface area is 163 Å². The lowest BCUT2D eigenvalue weighted by Gasteiger charge is -2.08. The zero-order chi connectivity index (χ0) is 20.1. The van der Waals surface area contributed by atoms with Crippen molar-refractivity contribution in [2.24, 2.45) is 0 Å². The van der Waals surface area contributed by atoms with Crippen molar-refractivity contribution >= 4 is 17.5 Å². The van der Waals surface area contributed by atoms with Crippen molar-refractivity contribution in [1.82, 2.24) is 14.7 Å². The van der Waals surface area contributed by atoms with E-state index in [1.807, 2.05) is 25.1 Å². The van der Waals surface area contributed by atoms with Gasteiger partial charge in [0, 0.05) is 12.7 Å². The molecule has 7 nitrogen and oxygen atoms in total. The van der Waals surface area contributed by atoms with Crippen LogP contribution in [-0.2, 0) is 11.2 Å². The van der Waals surface area contributed by atoms with E-state index < -0.39 is 0 Å². The van der Waals surface area contributed by atoms with Gasteiger partial charge in [-0.15, -0.1) is 0 Å². The van der Waals surface area contributed by atoms with Gasteiger partial charge in [-0.25, -0.2) is 9.78 Å². The van der Waals surface area contributed by atoms with E-state index in [0.717, 1.165) is 5.56 Å². The fraction of sp³-hybridized carbons (Fsp3) is 0.286. The highest BCUT2D eigenvalue weighted by molar-refractivity contribution is 5.95. The van der Waals surface area contributed by atoms with E-state index in [1.165, 1.54) is 7.11 Å². The van der Waals surface area contributed by atoms with Crippen LogP contribution in [0, 0.1) is 6.92 Å². The van der Waals surface area contributed by atoms with Gasteiger partial charge in [0.1, 0.15) is 5.69 Å². The predicted octanol–water partition coefficient (Wildman–Crippen LogP) is 2.80. The second kappa shape index (κ2) is 8.56. The molecule has 1 N–H and O–H groups in total. The van der Waals surface area contributed by atoms with Crippen LogP contribution in [0.4, 0.5) is 0 Å². The van der Waals surface area contributed by atoms with E-state index in [1.54, 1.807) is 35.7 Å². The number of methoxy groups -OCH3 is 1. The van der Waals surface area contributed by atoms with Crippen LogP contribution in [0.2, 0.25) is 0 Å². The number of hydrogen-bond donors (Lipinski definition) is 1. The highest BCUT2D eigenvalue weighted by Crippen LogP contribution is 2.22. The number of nitrogens with zero attached hydrogens (tertiary/aromatic N) is 2. The van der Waals surface area contributed by atoms with Crippen molar-refractivity contribution in [2.75, 3.05) is 20.3 Å². The molecule has 0 saturated heterocycles. The van der Waals surface area contributed by atoms with E-state index in [4.69, 9.17) is 9.47 Å². The number of carbonyl (C=O) groups excluding carboxylic acids is 2. The Morgan fingerprint density at radius 1 is 1.21 bits per heavy atom. The predicted molar refractivity (Wildman–Crippen MR) is 105 cm³/mol. The lowest BCUT2D eigenvalue weighted by molar-refractivity contribution is 0.0600. The molecular formula is C21H23N3O4. The summed E-state index contributed by atoms with van der Waals surface area (Å²) in [6.45, 7) is 4.67. The Balaban J connectivity index is 1.71. The SMILES string of the molecule is CCOc1cccn2c(C(=O)NCCc3cccc(C(=O)OC)c3)c(C)nc12. The lowest BCUT2D eigenvalue weighted by Crippen LogP contribution is -2.27. The average Bonchev–Trinajstić information content (AvgIpc) is 3.04. The molecule has 0 unspecified atom stereocenters. The largest absolute Gasteiger partial charge is 0.490 e. The number of amides is 1. The van der Waals surface area contributed by atoms with Crippen molar-refractivity contribution in [1.29, 1.82) is 0 Å². The molecule has 0 atom stereocenters. The Hall–Kier alpha value is -3.35. The van der Waals surface area contributed by atoms with Crippen molar-refractivity contribution in [3.8, 4) is 5.75 Å². The number of benzene rings is 1. The molecule has 3 aromatic rings. The summed E-state index contributed by atoms with van der Waals surface area (Å²) in [4.78, 5) is 28.8. The van der Waals surface area contributed by atoms with E-state index in [9.17, 15) is 9.59 Å². The number of aromatic nitrogens is 2. The molecule has 146 valence electrons. The Morgan fingerprint density at radius 3 is 2.79 bits per heavy atom. The number of fused-ring (bicyclic) bond motifs is 1. The van der Waals surface area contributed by atoms with E-state index in [2.05, 4.69) is 10.3 Å². The molecule has 0 fully saturated rings. The molecule has 2 aromatic heterocycles. The first kappa shape index (κ1) is 19.4. The van der Waals surface area contributed by atoms with E-state index >= 15 is 0 Å². The molecule has 7 heteroatoms. The lowest BCUT2D eigenvalue weighted by atomic mass is 10.1. The molecule has 0 bridgehead atoms. The van der Waals surface area contributed by atoms with Gasteiger partial charge >= 0.3 is 5.97 Å². The molecule has 1 aromatic carbocycles. The van der Waals surface area contributed by atoms with Crippen molar-refractivity contribution < 1.29 is 19.1 Å². The second-order valence-corrected chi connectivity index (χ2v) is 6.24. The molecule has 0 saturated carbocycles. The number of hydrogen-bond acceptors (Lipinski definition) is 5. The van der Waals surface area contributed by atoms with Gasteiger partial charge in [-0.3, -0.25) is 9.20 Å². The summed E-state index contributed by atoms with van der Waals surface area (Å²) in [6.07, 6.45) is 2.39. The summed E-state index contributed by atoms with van der Waals surface area (Å²) in [5, 5.41) is 2.92. The summed E-state index contributed by atoms with van der Waals surface area (Å²) < 4.78 is 12.1. The molecule has 28 heavy (non-hydrogen) atoms. The number of ether oxygens (including phenoxy) is 2. The summed E-state index contributed by atoms with van der Waals surface area (Å²) in [5.74, 6) is 0.0619. The minimum atomic E-state index is -0.377. The van der Waals surface area contributed by atoms with Gasteiger partial charge in [0.05, 0.1) is 25.0 Å². The maximum Gasteiger partial charge on any atom is 0.337 e. The summed E-state index contributed by atoms with van der Waals surface area (Å²) in [7, 11) is 1.35. The standard InChI is InChI=1S/C21H23N3O4/c1-4-28-17-9-6-12-24-18(14(2)23-19(17)24)20(25)22-11-10-15-7-5-8-16(13-15)21(26)27-3/h5-9,12-13H,4,10-11H2,1-3H3,(H,22,25). The third-order valence-electron chi connectivity index (χ3n) is 4.35. The van der Waals surface area contributed by atoms with Gasteiger partial charge in [-0.1, -0.05) is 12.1 Å². The van der Waals surface area contributed by atoms with Gasteiger partial charge in [-0.05, 0) is 50.1 Å². The Bertz CT molecular complexity index is 1010. The molecule has 0 radical (unpaired) electrons. The van der Waals surface area contributed by atoms with Gasteiger partial charge in [0.15, 0.2) is 11.4 Å². The monoisotopic (exact) mass is 381 g/mol. The van der Waals surface area contributed by atoms with Crippen molar-refractivity contribution in [3.05, 3.63) is 65.1 Å². The van der Waals surface area contributed by atoms with Gasteiger partial charge < -0.3 is 14.8 Å². The number of esters is 1. The number of rotatable bonds is 7. The van der Waals surface area contributed by atoms with Crippen LogP contribution in [0.15, 0.2) is 42.6 Å². The fourth-order valence-electron chi connectivity index (χ4n) is 3.07. The van der Waals surface area contributed by atoms with Gasteiger partial charge in [-0.2, -0.15) is 0 Å². The summed E-state index contributed by atoms with van der Waals surface area (Å²) in [6, 6.07) is 10.8. The first-order valence-corrected chi connectivity index (χ1v) is 9.11. The first-order valence-electron chi connectivity index (χ1n) is 9.11. The van der Waals surface area contributed by atoms with Crippen LogP contribution in [0.5, 0.6) is 5.75 Å². The van der Waals surface area contributed by atoms with E-state index in [-0.39, 0.29) is 11.9 Å². The van der Waals surface area contributed by atoms with Crippen LogP contribution in [0.25, 0.3) is 5.65 Å². The van der Waals surface area contributed by atoms with Crippen molar-refractivity contribution in [3.63, 3.8) is 0 Å². The van der Waals surface area contributed by atoms with Gasteiger partial charge in [0.2, 0.25) is 0 Å². The normalized spacial score (nSPS) is 10.7. The molecule has 2 heterocycles. The van der Waals surface area contributed by atoms with Crippen LogP contribution in [0.3, 0.4) is 0 Å². The molecule has 1 amide bonds. The zero-order valence-electron chi connectivity index (χ0n) is 16.2. The maximum absolute atomic E-state index is 12.7. The Kier molecular flexibility index (Phi) is 5.93. The van der Waals surface area contributed by atoms with Crippen LogP contribution < -0.4 is 10.1 Å². The maximum atomic E-state index is 12.7. The molecule has 3 rings (SSSR count). The fourth-order valence-corrected chi connectivity index (χ4v) is 3.07. The third-order valence-corrected chi connectivity index (χ3v) is 4.35. The number of aryl methyl sites for hydroxylation is 1. The summed E-state index contributed by atoms with van der Waals surface area (Å²) in [5.41, 5.74) is 3.18. The quantitative estimate of drug-likeness (QED) is 0.637. The molecule has 0 aliphatic carbocycles. The average molecular weight is 381 g/mol. The highest BCUT2D eigenvalue weighted by atomic mass is 16.5. The third kappa shape index (κ3) is 3.98. The van der Waals surface area contributed by atoms with Crippen LogP contribution >= 0.6 is 0 Å². The number of nitrogens with one attached hydrogen (secondary N) is 1.